The molecule has 0 bridgehead atoms. The van der Waals surface area contributed by atoms with E-state index in [1.807, 2.05) is 0 Å². The summed E-state index contributed by atoms with van der Waals surface area (Å²) in [4.78, 5) is 15.7. The van der Waals surface area contributed by atoms with E-state index in [0.717, 1.165) is 0 Å². The summed E-state index contributed by atoms with van der Waals surface area (Å²) in [6, 6.07) is 7.42. The van der Waals surface area contributed by atoms with Crippen LogP contribution >= 0.6 is 0 Å². The molecule has 0 amide bonds. The quantitative estimate of drug-likeness (QED) is 0.712. The van der Waals surface area contributed by atoms with Gasteiger partial charge in [0.05, 0.1) is 11.4 Å². The molecule has 0 atom stereocenters. The van der Waals surface area contributed by atoms with Crippen LogP contribution in [0.3, 0.4) is 0 Å². The molecule has 124 valence electrons. The summed E-state index contributed by atoms with van der Waals surface area (Å²) >= 11 is 0. The van der Waals surface area contributed by atoms with Gasteiger partial charge in [-0.2, -0.15) is 13.9 Å². The molecule has 9 heteroatoms. The zero-order valence-corrected chi connectivity index (χ0v) is 12.5. The van der Waals surface area contributed by atoms with Gasteiger partial charge in [0.15, 0.2) is 5.76 Å². The summed E-state index contributed by atoms with van der Waals surface area (Å²) in [6.07, 6.45) is 1.34. The van der Waals surface area contributed by atoms with Crippen LogP contribution in [-0.4, -0.2) is 26.5 Å². The van der Waals surface area contributed by atoms with Crippen molar-refractivity contribution in [3.63, 3.8) is 0 Å². The number of aromatic nitrogens is 4. The Morgan fingerprint density at radius 1 is 1.29 bits per heavy atom. The molecule has 0 N–H and O–H groups in total. The second-order valence-corrected chi connectivity index (χ2v) is 4.91. The Kier molecular flexibility index (Phi) is 4.32. The SMILES string of the molecule is Cc1cc(Cn2nc(-c3ccc(OC(F)F)nc3)ccc2=O)on1. The first-order valence-electron chi connectivity index (χ1n) is 6.93. The van der Waals surface area contributed by atoms with Crippen LogP contribution < -0.4 is 10.3 Å². The number of nitrogens with zero attached hydrogens (tertiary/aromatic N) is 4. The Bertz CT molecular complexity index is 890. The van der Waals surface area contributed by atoms with Crippen LogP contribution in [0.4, 0.5) is 8.78 Å². The monoisotopic (exact) mass is 334 g/mol. The van der Waals surface area contributed by atoms with Gasteiger partial charge in [-0.15, -0.1) is 0 Å². The molecule has 3 rings (SSSR count). The lowest BCUT2D eigenvalue weighted by atomic mass is 10.2. The van der Waals surface area contributed by atoms with Gasteiger partial charge in [0, 0.05) is 30.0 Å². The van der Waals surface area contributed by atoms with Crippen LogP contribution in [0.25, 0.3) is 11.3 Å². The van der Waals surface area contributed by atoms with E-state index >= 15 is 0 Å². The maximum absolute atomic E-state index is 12.1. The second kappa shape index (κ2) is 6.57. The van der Waals surface area contributed by atoms with Crippen molar-refractivity contribution in [1.29, 1.82) is 0 Å². The Morgan fingerprint density at radius 2 is 2.12 bits per heavy atom. The second-order valence-electron chi connectivity index (χ2n) is 4.91. The molecule has 0 saturated heterocycles. The van der Waals surface area contributed by atoms with Crippen LogP contribution in [0.1, 0.15) is 11.5 Å². The highest BCUT2D eigenvalue weighted by Crippen LogP contribution is 2.18. The lowest BCUT2D eigenvalue weighted by Crippen LogP contribution is -2.22. The average molecular weight is 334 g/mol. The number of aryl methyl sites for hydroxylation is 1. The van der Waals surface area contributed by atoms with Gasteiger partial charge < -0.3 is 9.26 Å². The molecule has 0 spiro atoms. The summed E-state index contributed by atoms with van der Waals surface area (Å²) in [5.41, 5.74) is 1.41. The first-order valence-corrected chi connectivity index (χ1v) is 6.93. The third-order valence-corrected chi connectivity index (χ3v) is 3.09. The van der Waals surface area contributed by atoms with E-state index in [2.05, 4.69) is 20.0 Å². The molecule has 0 saturated carbocycles. The summed E-state index contributed by atoms with van der Waals surface area (Å²) in [5.74, 6) is 0.303. The summed E-state index contributed by atoms with van der Waals surface area (Å²) < 4.78 is 34.7. The van der Waals surface area contributed by atoms with E-state index in [1.54, 1.807) is 13.0 Å². The molecule has 0 aliphatic carbocycles. The standard InChI is InChI=1S/C15H12F2N4O3/c1-9-6-11(24-20-9)8-21-14(22)5-3-12(19-21)10-2-4-13(18-7-10)23-15(16)17/h2-7,15H,8H2,1H3. The van der Waals surface area contributed by atoms with Crippen molar-refractivity contribution in [3.05, 3.63) is 58.3 Å². The van der Waals surface area contributed by atoms with Gasteiger partial charge >= 0.3 is 6.61 Å². The molecule has 3 aromatic heterocycles. The maximum atomic E-state index is 12.1. The van der Waals surface area contributed by atoms with Gasteiger partial charge in [-0.1, -0.05) is 5.16 Å². The average Bonchev–Trinajstić information content (AvgIpc) is 2.95. The van der Waals surface area contributed by atoms with Crippen LogP contribution in [0.15, 0.2) is 45.8 Å². The summed E-state index contributed by atoms with van der Waals surface area (Å²) in [5, 5.41) is 7.98. The number of rotatable bonds is 5. The molecule has 3 aromatic rings. The zero-order valence-electron chi connectivity index (χ0n) is 12.5. The predicted molar refractivity (Wildman–Crippen MR) is 78.7 cm³/mol. The first-order chi connectivity index (χ1) is 11.5. The van der Waals surface area contributed by atoms with E-state index in [1.165, 1.54) is 35.1 Å². The highest BCUT2D eigenvalue weighted by atomic mass is 19.3. The van der Waals surface area contributed by atoms with Crippen LogP contribution in [0.2, 0.25) is 0 Å². The van der Waals surface area contributed by atoms with E-state index in [4.69, 9.17) is 4.52 Å². The van der Waals surface area contributed by atoms with E-state index in [9.17, 15) is 13.6 Å². The fraction of sp³-hybridized carbons (Fsp3) is 0.200. The molecular formula is C15H12F2N4O3. The maximum Gasteiger partial charge on any atom is 0.388 e. The van der Waals surface area contributed by atoms with Crippen LogP contribution in [0, 0.1) is 6.92 Å². The van der Waals surface area contributed by atoms with Gasteiger partial charge in [-0.05, 0) is 19.1 Å². The fourth-order valence-corrected chi connectivity index (χ4v) is 2.05. The van der Waals surface area contributed by atoms with Crippen molar-refractivity contribution in [3.8, 4) is 17.1 Å². The number of ether oxygens (including phenoxy) is 1. The largest absolute Gasteiger partial charge is 0.417 e. The van der Waals surface area contributed by atoms with Crippen molar-refractivity contribution in [1.82, 2.24) is 19.9 Å². The smallest absolute Gasteiger partial charge is 0.388 e. The number of halogens is 2. The minimum Gasteiger partial charge on any atom is -0.417 e. The molecular weight excluding hydrogens is 322 g/mol. The lowest BCUT2D eigenvalue weighted by Gasteiger charge is -2.06. The number of alkyl halides is 2. The Balaban J connectivity index is 1.86. The van der Waals surface area contributed by atoms with Gasteiger partial charge in [0.2, 0.25) is 5.88 Å². The normalized spacial score (nSPS) is 11.0. The van der Waals surface area contributed by atoms with Crippen molar-refractivity contribution >= 4 is 0 Å². The van der Waals surface area contributed by atoms with Crippen molar-refractivity contribution in [2.45, 2.75) is 20.1 Å². The van der Waals surface area contributed by atoms with Crippen LogP contribution in [-0.2, 0) is 6.54 Å². The minimum atomic E-state index is -2.94. The number of pyridine rings is 1. The Hall–Kier alpha value is -3.10. The predicted octanol–water partition coefficient (Wildman–Crippen LogP) is 2.25. The molecule has 0 aliphatic rings. The van der Waals surface area contributed by atoms with E-state index < -0.39 is 6.61 Å². The molecule has 0 unspecified atom stereocenters. The highest BCUT2D eigenvalue weighted by Gasteiger charge is 2.09. The molecule has 0 aliphatic heterocycles. The fourth-order valence-electron chi connectivity index (χ4n) is 2.05. The van der Waals surface area contributed by atoms with Crippen molar-refractivity contribution in [2.75, 3.05) is 0 Å². The molecule has 0 radical (unpaired) electrons. The van der Waals surface area contributed by atoms with Crippen molar-refractivity contribution in [2.24, 2.45) is 0 Å². The van der Waals surface area contributed by atoms with Crippen molar-refractivity contribution < 1.29 is 18.0 Å². The number of hydrogen-bond acceptors (Lipinski definition) is 6. The molecule has 3 heterocycles. The van der Waals surface area contributed by atoms with Crippen LogP contribution in [0.5, 0.6) is 5.88 Å². The summed E-state index contributed by atoms with van der Waals surface area (Å²) in [7, 11) is 0. The Labute approximate surface area is 134 Å². The van der Waals surface area contributed by atoms with E-state index in [0.29, 0.717) is 22.7 Å². The molecule has 0 aromatic carbocycles. The third kappa shape index (κ3) is 3.62. The lowest BCUT2D eigenvalue weighted by molar-refractivity contribution is -0.0528. The minimum absolute atomic E-state index is 0.132. The highest BCUT2D eigenvalue weighted by molar-refractivity contribution is 5.57. The zero-order chi connectivity index (χ0) is 17.1. The first kappa shape index (κ1) is 15.8. The molecule has 0 fully saturated rings. The topological polar surface area (TPSA) is 83.0 Å². The van der Waals surface area contributed by atoms with Gasteiger partial charge in [-0.25, -0.2) is 9.67 Å². The Morgan fingerprint density at radius 3 is 2.75 bits per heavy atom. The van der Waals surface area contributed by atoms with Gasteiger partial charge in [0.25, 0.3) is 5.56 Å². The van der Waals surface area contributed by atoms with Gasteiger partial charge in [0.1, 0.15) is 6.54 Å². The summed E-state index contributed by atoms with van der Waals surface area (Å²) in [6.45, 7) is -1.03. The number of hydrogen-bond donors (Lipinski definition) is 0. The molecule has 7 nitrogen and oxygen atoms in total. The molecule has 24 heavy (non-hydrogen) atoms. The van der Waals surface area contributed by atoms with E-state index in [-0.39, 0.29) is 18.0 Å². The third-order valence-electron chi connectivity index (χ3n) is 3.09. The van der Waals surface area contributed by atoms with Gasteiger partial charge in [-0.3, -0.25) is 4.79 Å².